The molecule has 5 heteroatoms. The highest BCUT2D eigenvalue weighted by atomic mass is 16.5. The maximum absolute atomic E-state index is 12.8. The van der Waals surface area contributed by atoms with Crippen molar-refractivity contribution in [3.63, 3.8) is 0 Å². The van der Waals surface area contributed by atoms with E-state index in [1.807, 2.05) is 47.4 Å². The third-order valence-electron chi connectivity index (χ3n) is 5.71. The molecular formula is C23H26N2O3. The highest BCUT2D eigenvalue weighted by Crippen LogP contribution is 2.41. The third kappa shape index (κ3) is 3.49. The predicted molar refractivity (Wildman–Crippen MR) is 107 cm³/mol. The summed E-state index contributed by atoms with van der Waals surface area (Å²) in [5.41, 5.74) is 2.34. The third-order valence-corrected chi connectivity index (χ3v) is 5.71. The topological polar surface area (TPSA) is 49.9 Å². The molecule has 146 valence electrons. The number of nitrogens with zero attached hydrogens (tertiary/aromatic N) is 2. The molecule has 1 unspecified atom stereocenters. The highest BCUT2D eigenvalue weighted by Gasteiger charge is 2.43. The lowest BCUT2D eigenvalue weighted by Crippen LogP contribution is -2.58. The van der Waals surface area contributed by atoms with Gasteiger partial charge in [-0.25, -0.2) is 0 Å². The molecule has 2 aromatic rings. The van der Waals surface area contributed by atoms with E-state index in [9.17, 15) is 9.59 Å². The Kier molecular flexibility index (Phi) is 4.84. The second-order valence-electron chi connectivity index (χ2n) is 8.19. The summed E-state index contributed by atoms with van der Waals surface area (Å²) in [6.45, 7) is 6.04. The van der Waals surface area contributed by atoms with Gasteiger partial charge in [-0.15, -0.1) is 0 Å². The van der Waals surface area contributed by atoms with Crippen LogP contribution in [-0.2, 0) is 15.0 Å². The van der Waals surface area contributed by atoms with Crippen LogP contribution in [0.3, 0.4) is 0 Å². The SMILES string of the molecule is CC1(C)CN2C(=O)CN(C(=O)CCOc3ccccc3)CC2c2ccccc21. The molecule has 28 heavy (non-hydrogen) atoms. The van der Waals surface area contributed by atoms with E-state index in [1.165, 1.54) is 5.56 Å². The van der Waals surface area contributed by atoms with Crippen molar-refractivity contribution < 1.29 is 14.3 Å². The van der Waals surface area contributed by atoms with Crippen LogP contribution in [0.15, 0.2) is 54.6 Å². The van der Waals surface area contributed by atoms with E-state index in [2.05, 4.69) is 26.0 Å². The fourth-order valence-corrected chi connectivity index (χ4v) is 4.30. The van der Waals surface area contributed by atoms with Gasteiger partial charge >= 0.3 is 0 Å². The van der Waals surface area contributed by atoms with E-state index in [0.717, 1.165) is 11.3 Å². The summed E-state index contributed by atoms with van der Waals surface area (Å²) in [6.07, 6.45) is 0.266. The van der Waals surface area contributed by atoms with E-state index in [0.29, 0.717) is 19.7 Å². The van der Waals surface area contributed by atoms with Crippen LogP contribution in [0.1, 0.15) is 37.4 Å². The minimum Gasteiger partial charge on any atom is -0.493 e. The molecule has 5 nitrogen and oxygen atoms in total. The molecule has 0 spiro atoms. The number of hydrogen-bond donors (Lipinski definition) is 0. The van der Waals surface area contributed by atoms with Gasteiger partial charge in [0.05, 0.1) is 25.6 Å². The first kappa shape index (κ1) is 18.5. The quantitative estimate of drug-likeness (QED) is 0.821. The number of hydrogen-bond acceptors (Lipinski definition) is 3. The van der Waals surface area contributed by atoms with E-state index in [4.69, 9.17) is 4.74 Å². The van der Waals surface area contributed by atoms with Crippen molar-refractivity contribution in [2.24, 2.45) is 0 Å². The summed E-state index contributed by atoms with van der Waals surface area (Å²) in [7, 11) is 0. The number of para-hydroxylation sites is 1. The Bertz CT molecular complexity index is 878. The number of rotatable bonds is 4. The molecule has 0 N–H and O–H groups in total. The molecule has 2 heterocycles. The van der Waals surface area contributed by atoms with Gasteiger partial charge in [-0.3, -0.25) is 9.59 Å². The predicted octanol–water partition coefficient (Wildman–Crippen LogP) is 3.16. The molecule has 0 radical (unpaired) electrons. The standard InChI is InChI=1S/C23H26N2O3/c1-23(2)16-25-20(18-10-6-7-11-19(18)23)14-24(15-22(25)27)21(26)12-13-28-17-8-4-3-5-9-17/h3-11,20H,12-16H2,1-2H3. The lowest BCUT2D eigenvalue weighted by atomic mass is 9.75. The van der Waals surface area contributed by atoms with Crippen molar-refractivity contribution in [1.82, 2.24) is 9.80 Å². The average molecular weight is 378 g/mol. The van der Waals surface area contributed by atoms with Crippen LogP contribution in [0.25, 0.3) is 0 Å². The molecule has 2 aliphatic heterocycles. The van der Waals surface area contributed by atoms with Crippen molar-refractivity contribution >= 4 is 11.8 Å². The lowest BCUT2D eigenvalue weighted by molar-refractivity contribution is -0.150. The normalized spacial score (nSPS) is 20.4. The van der Waals surface area contributed by atoms with Crippen LogP contribution < -0.4 is 4.74 Å². The number of fused-ring (bicyclic) bond motifs is 3. The van der Waals surface area contributed by atoms with E-state index in [1.54, 1.807) is 4.90 Å². The minimum absolute atomic E-state index is 0.0242. The number of carbonyl (C=O) groups excluding carboxylic acids is 2. The number of ether oxygens (including phenoxy) is 1. The van der Waals surface area contributed by atoms with Crippen LogP contribution in [0.5, 0.6) is 5.75 Å². The molecule has 0 aromatic heterocycles. The van der Waals surface area contributed by atoms with Crippen LogP contribution in [0.4, 0.5) is 0 Å². The Hall–Kier alpha value is -2.82. The lowest BCUT2D eigenvalue weighted by Gasteiger charge is -2.49. The molecule has 0 aliphatic carbocycles. The molecule has 0 bridgehead atoms. The zero-order valence-electron chi connectivity index (χ0n) is 16.4. The van der Waals surface area contributed by atoms with E-state index >= 15 is 0 Å². The zero-order valence-corrected chi connectivity index (χ0v) is 16.4. The zero-order chi connectivity index (χ0) is 19.7. The van der Waals surface area contributed by atoms with Crippen LogP contribution in [0, 0.1) is 0 Å². The monoisotopic (exact) mass is 378 g/mol. The van der Waals surface area contributed by atoms with Gasteiger partial charge in [0.25, 0.3) is 0 Å². The fraction of sp³-hybridized carbons (Fsp3) is 0.391. The fourth-order valence-electron chi connectivity index (χ4n) is 4.30. The van der Waals surface area contributed by atoms with E-state index in [-0.39, 0.29) is 36.2 Å². The van der Waals surface area contributed by atoms with Crippen molar-refractivity contribution in [3.8, 4) is 5.75 Å². The Morgan fingerprint density at radius 2 is 1.82 bits per heavy atom. The Morgan fingerprint density at radius 3 is 2.61 bits per heavy atom. The molecule has 2 amide bonds. The molecule has 0 saturated carbocycles. The number of benzene rings is 2. The smallest absolute Gasteiger partial charge is 0.242 e. The van der Waals surface area contributed by atoms with E-state index < -0.39 is 0 Å². The van der Waals surface area contributed by atoms with Crippen molar-refractivity contribution in [2.75, 3.05) is 26.2 Å². The Balaban J connectivity index is 1.46. The van der Waals surface area contributed by atoms with Gasteiger partial charge < -0.3 is 14.5 Å². The van der Waals surface area contributed by atoms with Gasteiger partial charge in [-0.2, -0.15) is 0 Å². The molecule has 2 aliphatic rings. The summed E-state index contributed by atoms with van der Waals surface area (Å²) in [5.74, 6) is 0.738. The first-order valence-corrected chi connectivity index (χ1v) is 9.80. The van der Waals surface area contributed by atoms with Gasteiger partial charge in [0.2, 0.25) is 11.8 Å². The summed E-state index contributed by atoms with van der Waals surface area (Å²) < 4.78 is 5.64. The number of carbonyl (C=O) groups is 2. The molecule has 4 rings (SSSR count). The second-order valence-corrected chi connectivity index (χ2v) is 8.19. The first-order chi connectivity index (χ1) is 13.5. The number of amides is 2. The van der Waals surface area contributed by atoms with Crippen molar-refractivity contribution in [1.29, 1.82) is 0 Å². The van der Waals surface area contributed by atoms with Crippen molar-refractivity contribution in [2.45, 2.75) is 31.7 Å². The van der Waals surface area contributed by atoms with Gasteiger partial charge in [-0.1, -0.05) is 56.3 Å². The highest BCUT2D eigenvalue weighted by molar-refractivity contribution is 5.87. The molecule has 1 fully saturated rings. The maximum Gasteiger partial charge on any atom is 0.242 e. The molecule has 1 saturated heterocycles. The summed E-state index contributed by atoms with van der Waals surface area (Å²) in [6, 6.07) is 17.7. The Morgan fingerprint density at radius 1 is 1.11 bits per heavy atom. The average Bonchev–Trinajstić information content (AvgIpc) is 2.69. The van der Waals surface area contributed by atoms with Crippen molar-refractivity contribution in [3.05, 3.63) is 65.7 Å². The summed E-state index contributed by atoms with van der Waals surface area (Å²) in [5, 5.41) is 0. The van der Waals surface area contributed by atoms with Gasteiger partial charge in [0, 0.05) is 18.5 Å². The van der Waals surface area contributed by atoms with Gasteiger partial charge in [0.15, 0.2) is 0 Å². The van der Waals surface area contributed by atoms with Gasteiger partial charge in [0.1, 0.15) is 5.75 Å². The van der Waals surface area contributed by atoms with Crippen LogP contribution in [0.2, 0.25) is 0 Å². The van der Waals surface area contributed by atoms with Crippen LogP contribution >= 0.6 is 0 Å². The first-order valence-electron chi connectivity index (χ1n) is 9.80. The Labute approximate surface area is 165 Å². The maximum atomic E-state index is 12.8. The van der Waals surface area contributed by atoms with Crippen LogP contribution in [-0.4, -0.2) is 47.9 Å². The second kappa shape index (κ2) is 7.30. The molecule has 2 aromatic carbocycles. The molecule has 1 atom stereocenters. The molecular weight excluding hydrogens is 352 g/mol. The minimum atomic E-state index is -0.0849. The van der Waals surface area contributed by atoms with Gasteiger partial charge in [-0.05, 0) is 23.3 Å². The number of piperazine rings is 1. The summed E-state index contributed by atoms with van der Waals surface area (Å²) >= 11 is 0. The summed E-state index contributed by atoms with van der Waals surface area (Å²) in [4.78, 5) is 29.2. The largest absolute Gasteiger partial charge is 0.493 e.